The van der Waals surface area contributed by atoms with Crippen molar-refractivity contribution in [3.8, 4) is 6.07 Å². The third-order valence-electron chi connectivity index (χ3n) is 3.20. The number of nitriles is 1. The fourth-order valence-electron chi connectivity index (χ4n) is 2.15. The van der Waals surface area contributed by atoms with E-state index >= 15 is 0 Å². The van der Waals surface area contributed by atoms with E-state index < -0.39 is 0 Å². The summed E-state index contributed by atoms with van der Waals surface area (Å²) in [6.45, 7) is 9.86. The average molecular weight is 251 g/mol. The first-order chi connectivity index (χ1) is 9.24. The van der Waals surface area contributed by atoms with Crippen LogP contribution in [-0.4, -0.2) is 0 Å². The van der Waals surface area contributed by atoms with Crippen molar-refractivity contribution in [3.63, 3.8) is 0 Å². The Morgan fingerprint density at radius 1 is 1.42 bits per heavy atom. The summed E-state index contributed by atoms with van der Waals surface area (Å²) in [7, 11) is 0. The van der Waals surface area contributed by atoms with Crippen molar-refractivity contribution >= 4 is 0 Å². The van der Waals surface area contributed by atoms with E-state index in [9.17, 15) is 0 Å². The van der Waals surface area contributed by atoms with Crippen LogP contribution in [-0.2, 0) is 0 Å². The lowest BCUT2D eigenvalue weighted by atomic mass is 9.95. The molecule has 0 N–H and O–H groups in total. The maximum Gasteiger partial charge on any atom is 0.0950 e. The van der Waals surface area contributed by atoms with Gasteiger partial charge < -0.3 is 0 Å². The van der Waals surface area contributed by atoms with Crippen LogP contribution in [0.15, 0.2) is 71.9 Å². The van der Waals surface area contributed by atoms with Gasteiger partial charge in [0.05, 0.1) is 6.07 Å². The van der Waals surface area contributed by atoms with Crippen molar-refractivity contribution in [2.45, 2.75) is 32.6 Å². The summed E-state index contributed by atoms with van der Waals surface area (Å²) in [5.41, 5.74) is 4.69. The van der Waals surface area contributed by atoms with Crippen molar-refractivity contribution < 1.29 is 0 Å². The fraction of sp³-hybridized carbons (Fsp3) is 0.278. The van der Waals surface area contributed by atoms with Gasteiger partial charge in [0.1, 0.15) is 0 Å². The highest BCUT2D eigenvalue weighted by molar-refractivity contribution is 5.40. The molecule has 1 aliphatic rings. The van der Waals surface area contributed by atoms with Crippen molar-refractivity contribution in [2.24, 2.45) is 0 Å². The quantitative estimate of drug-likeness (QED) is 0.471. The average Bonchev–Trinajstić information content (AvgIpc) is 2.65. The first-order valence-electron chi connectivity index (χ1n) is 6.65. The molecule has 0 saturated carbocycles. The molecule has 1 aliphatic carbocycles. The van der Waals surface area contributed by atoms with Crippen LogP contribution in [0.25, 0.3) is 0 Å². The molecule has 0 spiro atoms. The standard InChI is InChI=1S/C18H21N/c1-4-8-18(17(5-2)6-3)13-15-9-7-10-16(14-19)12-11-15/h4-5,7,9,11-12H,1-2,6,8,10,13H2,3H3/b18-17+. The van der Waals surface area contributed by atoms with Crippen molar-refractivity contribution in [1.29, 1.82) is 5.26 Å². The Labute approximate surface area is 116 Å². The molecule has 0 radical (unpaired) electrons. The zero-order valence-corrected chi connectivity index (χ0v) is 11.7. The molecule has 0 aromatic carbocycles. The summed E-state index contributed by atoms with van der Waals surface area (Å²) in [6.07, 6.45) is 15.5. The number of hydrogen-bond donors (Lipinski definition) is 0. The molecule has 0 aromatic rings. The van der Waals surface area contributed by atoms with E-state index in [2.05, 4.69) is 38.3 Å². The van der Waals surface area contributed by atoms with Gasteiger partial charge in [0.25, 0.3) is 0 Å². The van der Waals surface area contributed by atoms with Gasteiger partial charge in [0.15, 0.2) is 0 Å². The zero-order chi connectivity index (χ0) is 14.1. The molecule has 0 unspecified atom stereocenters. The minimum atomic E-state index is 0.721. The molecule has 0 fully saturated rings. The predicted octanol–water partition coefficient (Wildman–Crippen LogP) is 5.18. The highest BCUT2D eigenvalue weighted by Crippen LogP contribution is 2.24. The minimum absolute atomic E-state index is 0.721. The third kappa shape index (κ3) is 4.60. The number of rotatable bonds is 6. The van der Waals surface area contributed by atoms with Crippen LogP contribution in [0, 0.1) is 11.3 Å². The van der Waals surface area contributed by atoms with Crippen molar-refractivity contribution in [1.82, 2.24) is 0 Å². The number of hydrogen-bond acceptors (Lipinski definition) is 1. The van der Waals surface area contributed by atoms with E-state index in [1.165, 1.54) is 16.7 Å². The van der Waals surface area contributed by atoms with Gasteiger partial charge in [-0.25, -0.2) is 0 Å². The van der Waals surface area contributed by atoms with E-state index in [0.717, 1.165) is 31.3 Å². The Morgan fingerprint density at radius 3 is 2.79 bits per heavy atom. The SMILES string of the molecule is C=CC/C(CC1=CC=C(C#N)CC=C1)=C(/C=C)CC. The summed E-state index contributed by atoms with van der Waals surface area (Å²) in [4.78, 5) is 0. The topological polar surface area (TPSA) is 23.8 Å². The second-order valence-corrected chi connectivity index (χ2v) is 4.51. The first kappa shape index (κ1) is 15.0. The van der Waals surface area contributed by atoms with E-state index in [-0.39, 0.29) is 0 Å². The van der Waals surface area contributed by atoms with Crippen molar-refractivity contribution in [3.05, 3.63) is 71.9 Å². The Kier molecular flexibility index (Phi) is 6.39. The van der Waals surface area contributed by atoms with E-state index in [0.29, 0.717) is 0 Å². The summed E-state index contributed by atoms with van der Waals surface area (Å²) in [5.74, 6) is 0. The van der Waals surface area contributed by atoms with Crippen LogP contribution in [0.1, 0.15) is 32.6 Å². The Bertz CT molecular complexity index is 504. The maximum absolute atomic E-state index is 8.92. The van der Waals surface area contributed by atoms with Gasteiger partial charge in [-0.15, -0.1) is 6.58 Å². The van der Waals surface area contributed by atoms with Gasteiger partial charge in [-0.3, -0.25) is 0 Å². The maximum atomic E-state index is 8.92. The summed E-state index contributed by atoms with van der Waals surface area (Å²) in [5, 5.41) is 8.92. The van der Waals surface area contributed by atoms with Crippen molar-refractivity contribution in [2.75, 3.05) is 0 Å². The van der Waals surface area contributed by atoms with Crippen LogP contribution < -0.4 is 0 Å². The van der Waals surface area contributed by atoms with Crippen LogP contribution >= 0.6 is 0 Å². The van der Waals surface area contributed by atoms with Gasteiger partial charge in [-0.2, -0.15) is 5.26 Å². The largest absolute Gasteiger partial charge is 0.193 e. The van der Waals surface area contributed by atoms with Crippen LogP contribution in [0.3, 0.4) is 0 Å². The summed E-state index contributed by atoms with van der Waals surface area (Å²) in [6, 6.07) is 2.21. The summed E-state index contributed by atoms with van der Waals surface area (Å²) >= 11 is 0. The number of allylic oxidation sites excluding steroid dienone is 10. The molecule has 98 valence electrons. The van der Waals surface area contributed by atoms with Crippen LogP contribution in [0.4, 0.5) is 0 Å². The molecule has 1 nitrogen and oxygen atoms in total. The second kappa shape index (κ2) is 8.11. The molecule has 1 heteroatoms. The molecular weight excluding hydrogens is 230 g/mol. The molecule has 19 heavy (non-hydrogen) atoms. The first-order valence-corrected chi connectivity index (χ1v) is 6.65. The molecule has 0 aliphatic heterocycles. The Balaban J connectivity index is 2.98. The molecule has 0 bridgehead atoms. The highest BCUT2D eigenvalue weighted by Gasteiger charge is 2.05. The van der Waals surface area contributed by atoms with E-state index in [1.807, 2.05) is 24.3 Å². The zero-order valence-electron chi connectivity index (χ0n) is 11.7. The predicted molar refractivity (Wildman–Crippen MR) is 82.5 cm³/mol. The lowest BCUT2D eigenvalue weighted by molar-refractivity contribution is 0.996. The normalized spacial score (nSPS) is 15.6. The lowest BCUT2D eigenvalue weighted by Crippen LogP contribution is -1.91. The molecule has 0 heterocycles. The second-order valence-electron chi connectivity index (χ2n) is 4.51. The van der Waals surface area contributed by atoms with Crippen LogP contribution in [0.5, 0.6) is 0 Å². The summed E-state index contributed by atoms with van der Waals surface area (Å²) < 4.78 is 0. The smallest absolute Gasteiger partial charge is 0.0950 e. The molecular formula is C18H21N. The van der Waals surface area contributed by atoms with E-state index in [1.54, 1.807) is 0 Å². The molecule has 0 aromatic heterocycles. The lowest BCUT2D eigenvalue weighted by Gasteiger charge is -2.10. The molecule has 0 atom stereocenters. The van der Waals surface area contributed by atoms with Gasteiger partial charge in [0.2, 0.25) is 0 Å². The molecule has 0 saturated heterocycles. The monoisotopic (exact) mass is 251 g/mol. The highest BCUT2D eigenvalue weighted by atomic mass is 14.2. The van der Waals surface area contributed by atoms with Gasteiger partial charge in [-0.1, -0.05) is 49.5 Å². The minimum Gasteiger partial charge on any atom is -0.193 e. The molecule has 0 amide bonds. The Morgan fingerprint density at radius 2 is 2.21 bits per heavy atom. The van der Waals surface area contributed by atoms with Gasteiger partial charge in [-0.05, 0) is 36.5 Å². The Hall–Kier alpha value is -2.07. The molecule has 1 rings (SSSR count). The fourth-order valence-corrected chi connectivity index (χ4v) is 2.15. The van der Waals surface area contributed by atoms with Crippen LogP contribution in [0.2, 0.25) is 0 Å². The van der Waals surface area contributed by atoms with Gasteiger partial charge in [0, 0.05) is 12.0 Å². The number of nitrogens with zero attached hydrogens (tertiary/aromatic N) is 1. The van der Waals surface area contributed by atoms with Gasteiger partial charge >= 0.3 is 0 Å². The third-order valence-corrected chi connectivity index (χ3v) is 3.20. The van der Waals surface area contributed by atoms with E-state index in [4.69, 9.17) is 5.26 Å².